The van der Waals surface area contributed by atoms with E-state index in [2.05, 4.69) is 15.1 Å². The number of hydrogen-bond acceptors (Lipinski definition) is 5. The van der Waals surface area contributed by atoms with Crippen molar-refractivity contribution >= 4 is 5.97 Å². The minimum atomic E-state index is -0.405. The predicted molar refractivity (Wildman–Crippen MR) is 87.9 cm³/mol. The van der Waals surface area contributed by atoms with E-state index in [9.17, 15) is 4.79 Å². The lowest BCUT2D eigenvalue weighted by Crippen LogP contribution is -2.04. The highest BCUT2D eigenvalue weighted by molar-refractivity contribution is 5.89. The maximum atomic E-state index is 11.6. The molecule has 24 heavy (non-hydrogen) atoms. The summed E-state index contributed by atoms with van der Waals surface area (Å²) in [5.41, 5.74) is 2.02. The monoisotopic (exact) mass is 320 g/mol. The van der Waals surface area contributed by atoms with Crippen LogP contribution >= 0.6 is 0 Å². The van der Waals surface area contributed by atoms with Crippen LogP contribution in [-0.4, -0.2) is 32.8 Å². The number of aromatic nitrogens is 4. The minimum Gasteiger partial charge on any atom is -0.465 e. The van der Waals surface area contributed by atoms with Crippen LogP contribution in [0.1, 0.15) is 34.9 Å². The Labute approximate surface area is 139 Å². The summed E-state index contributed by atoms with van der Waals surface area (Å²) in [6.07, 6.45) is 3.77. The Morgan fingerprint density at radius 2 is 1.96 bits per heavy atom. The van der Waals surface area contributed by atoms with Gasteiger partial charge in [-0.05, 0) is 37.1 Å². The minimum absolute atomic E-state index is 0.405. The summed E-state index contributed by atoms with van der Waals surface area (Å²) >= 11 is 0. The van der Waals surface area contributed by atoms with Crippen molar-refractivity contribution in [1.82, 2.24) is 19.7 Å². The number of methoxy groups -OCH3 is 1. The molecule has 0 amide bonds. The van der Waals surface area contributed by atoms with E-state index in [1.807, 2.05) is 35.0 Å². The Kier molecular flexibility index (Phi) is 3.57. The van der Waals surface area contributed by atoms with Gasteiger partial charge in [0.1, 0.15) is 5.69 Å². The zero-order valence-corrected chi connectivity index (χ0v) is 13.2. The van der Waals surface area contributed by atoms with E-state index < -0.39 is 5.97 Å². The van der Waals surface area contributed by atoms with E-state index in [1.54, 1.807) is 12.1 Å². The fourth-order valence-electron chi connectivity index (χ4n) is 2.52. The number of para-hydroxylation sites is 1. The van der Waals surface area contributed by atoms with E-state index in [0.29, 0.717) is 23.0 Å². The van der Waals surface area contributed by atoms with Crippen molar-refractivity contribution < 1.29 is 9.53 Å². The zero-order valence-electron chi connectivity index (χ0n) is 13.2. The Hall–Kier alpha value is -3.02. The molecule has 6 nitrogen and oxygen atoms in total. The van der Waals surface area contributed by atoms with Gasteiger partial charge in [0, 0.05) is 12.1 Å². The maximum absolute atomic E-state index is 11.6. The largest absolute Gasteiger partial charge is 0.465 e. The van der Waals surface area contributed by atoms with Gasteiger partial charge in [-0.25, -0.2) is 14.5 Å². The standard InChI is InChI=1S/C18H16N4O2/c1-24-18(23)13-9-10-15(19-11-13)17-20-16(12-7-8-12)21-22(17)14-5-3-2-4-6-14/h2-6,9-12H,7-8H2,1H3. The SMILES string of the molecule is COC(=O)c1ccc(-c2nc(C3CC3)nn2-c2ccccc2)nc1. The van der Waals surface area contributed by atoms with Crippen molar-refractivity contribution in [2.45, 2.75) is 18.8 Å². The molecule has 0 bridgehead atoms. The molecule has 0 N–H and O–H groups in total. The topological polar surface area (TPSA) is 69.9 Å². The van der Waals surface area contributed by atoms with Crippen molar-refractivity contribution in [3.8, 4) is 17.2 Å². The summed E-state index contributed by atoms with van der Waals surface area (Å²) in [4.78, 5) is 20.6. The second-order valence-electron chi connectivity index (χ2n) is 5.74. The molecule has 120 valence electrons. The van der Waals surface area contributed by atoms with Gasteiger partial charge >= 0.3 is 5.97 Å². The van der Waals surface area contributed by atoms with E-state index >= 15 is 0 Å². The number of pyridine rings is 1. The Bertz CT molecular complexity index is 868. The van der Waals surface area contributed by atoms with Crippen LogP contribution in [0, 0.1) is 0 Å². The highest BCUT2D eigenvalue weighted by Gasteiger charge is 2.29. The molecule has 4 rings (SSSR count). The first-order valence-electron chi connectivity index (χ1n) is 7.83. The second-order valence-corrected chi connectivity index (χ2v) is 5.74. The van der Waals surface area contributed by atoms with E-state index in [4.69, 9.17) is 4.74 Å². The van der Waals surface area contributed by atoms with Gasteiger partial charge in [-0.1, -0.05) is 18.2 Å². The average molecular weight is 320 g/mol. The van der Waals surface area contributed by atoms with Gasteiger partial charge in [0.05, 0.1) is 18.4 Å². The number of benzene rings is 1. The molecule has 2 heterocycles. The van der Waals surface area contributed by atoms with Crippen LogP contribution in [0.2, 0.25) is 0 Å². The van der Waals surface area contributed by atoms with Gasteiger partial charge in [-0.15, -0.1) is 0 Å². The molecule has 0 aliphatic heterocycles. The maximum Gasteiger partial charge on any atom is 0.339 e. The first-order valence-corrected chi connectivity index (χ1v) is 7.83. The van der Waals surface area contributed by atoms with Gasteiger partial charge < -0.3 is 4.74 Å². The van der Waals surface area contributed by atoms with Crippen molar-refractivity contribution in [3.05, 3.63) is 60.0 Å². The number of carbonyl (C=O) groups is 1. The zero-order chi connectivity index (χ0) is 16.5. The fourth-order valence-corrected chi connectivity index (χ4v) is 2.52. The molecule has 1 fully saturated rings. The summed E-state index contributed by atoms with van der Waals surface area (Å²) in [7, 11) is 1.35. The molecule has 3 aromatic rings. The molecule has 1 aliphatic rings. The molecule has 1 aromatic carbocycles. The lowest BCUT2D eigenvalue weighted by molar-refractivity contribution is 0.0600. The molecule has 1 saturated carbocycles. The summed E-state index contributed by atoms with van der Waals surface area (Å²) in [6.45, 7) is 0. The molecule has 1 aliphatic carbocycles. The Morgan fingerprint density at radius 1 is 1.17 bits per heavy atom. The van der Waals surface area contributed by atoms with Crippen LogP contribution in [0.3, 0.4) is 0 Å². The smallest absolute Gasteiger partial charge is 0.339 e. The van der Waals surface area contributed by atoms with Crippen molar-refractivity contribution in [1.29, 1.82) is 0 Å². The predicted octanol–water partition coefficient (Wildman–Crippen LogP) is 2.99. The van der Waals surface area contributed by atoms with E-state index in [0.717, 1.165) is 24.4 Å². The number of rotatable bonds is 4. The van der Waals surface area contributed by atoms with Crippen LogP contribution in [0.15, 0.2) is 48.7 Å². The third-order valence-electron chi connectivity index (χ3n) is 3.98. The Balaban J connectivity index is 1.78. The van der Waals surface area contributed by atoms with Crippen LogP contribution < -0.4 is 0 Å². The van der Waals surface area contributed by atoms with Gasteiger partial charge in [-0.3, -0.25) is 4.98 Å². The molecule has 0 spiro atoms. The second kappa shape index (κ2) is 5.88. The number of ether oxygens (including phenoxy) is 1. The van der Waals surface area contributed by atoms with Crippen LogP contribution in [-0.2, 0) is 4.74 Å². The summed E-state index contributed by atoms with van der Waals surface area (Å²) in [6, 6.07) is 13.3. The van der Waals surface area contributed by atoms with Crippen molar-refractivity contribution in [2.24, 2.45) is 0 Å². The molecule has 0 atom stereocenters. The van der Waals surface area contributed by atoms with Gasteiger partial charge in [0.2, 0.25) is 0 Å². The number of nitrogens with zero attached hydrogens (tertiary/aromatic N) is 4. The van der Waals surface area contributed by atoms with Crippen molar-refractivity contribution in [2.75, 3.05) is 7.11 Å². The van der Waals surface area contributed by atoms with Crippen LogP contribution in [0.5, 0.6) is 0 Å². The van der Waals surface area contributed by atoms with Crippen molar-refractivity contribution in [3.63, 3.8) is 0 Å². The van der Waals surface area contributed by atoms with Gasteiger partial charge in [-0.2, -0.15) is 5.10 Å². The average Bonchev–Trinajstić information content (AvgIpc) is 3.40. The molecule has 0 radical (unpaired) electrons. The van der Waals surface area contributed by atoms with E-state index in [-0.39, 0.29) is 0 Å². The highest BCUT2D eigenvalue weighted by Crippen LogP contribution is 2.39. The number of esters is 1. The molecule has 2 aromatic heterocycles. The number of hydrogen-bond donors (Lipinski definition) is 0. The van der Waals surface area contributed by atoms with Gasteiger partial charge in [0.25, 0.3) is 0 Å². The first-order chi connectivity index (χ1) is 11.8. The summed E-state index contributed by atoms with van der Waals surface area (Å²) < 4.78 is 6.52. The highest BCUT2D eigenvalue weighted by atomic mass is 16.5. The molecular weight excluding hydrogens is 304 g/mol. The Morgan fingerprint density at radius 3 is 2.58 bits per heavy atom. The number of carbonyl (C=O) groups excluding carboxylic acids is 1. The summed E-state index contributed by atoms with van der Waals surface area (Å²) in [5, 5.41) is 4.67. The van der Waals surface area contributed by atoms with Gasteiger partial charge in [0.15, 0.2) is 11.6 Å². The molecule has 0 saturated heterocycles. The third kappa shape index (κ3) is 2.67. The van der Waals surface area contributed by atoms with Crippen LogP contribution in [0.25, 0.3) is 17.2 Å². The first kappa shape index (κ1) is 14.6. The normalized spacial score (nSPS) is 13.7. The lowest BCUT2D eigenvalue weighted by Gasteiger charge is -2.05. The third-order valence-corrected chi connectivity index (χ3v) is 3.98. The quantitative estimate of drug-likeness (QED) is 0.691. The molecular formula is C18H16N4O2. The lowest BCUT2D eigenvalue weighted by atomic mass is 10.2. The molecule has 6 heteroatoms. The fraction of sp³-hybridized carbons (Fsp3) is 0.222. The molecule has 0 unspecified atom stereocenters. The van der Waals surface area contributed by atoms with Crippen LogP contribution in [0.4, 0.5) is 0 Å². The summed E-state index contributed by atoms with van der Waals surface area (Å²) in [5.74, 6) is 1.58. The van der Waals surface area contributed by atoms with E-state index in [1.165, 1.54) is 13.3 Å².